The Hall–Kier alpha value is -3.81. The summed E-state index contributed by atoms with van der Waals surface area (Å²) in [5.41, 5.74) is 2.08. The molecule has 3 unspecified atom stereocenters. The number of thiazole rings is 1. The van der Waals surface area contributed by atoms with Crippen LogP contribution < -0.4 is 15.5 Å². The van der Waals surface area contributed by atoms with Crippen LogP contribution in [0.3, 0.4) is 0 Å². The van der Waals surface area contributed by atoms with Crippen LogP contribution in [-0.2, 0) is 14.3 Å². The first-order valence-corrected chi connectivity index (χ1v) is 15.8. The second-order valence-electron chi connectivity index (χ2n) is 12.3. The van der Waals surface area contributed by atoms with Gasteiger partial charge in [0, 0.05) is 44.1 Å². The number of aromatic nitrogens is 2. The number of carbonyl (C=O) groups excluding carboxylic acids is 3. The Labute approximate surface area is 259 Å². The minimum atomic E-state index is -0.959. The number of rotatable bonds is 10. The number of ether oxygens (including phenoxy) is 1. The minimum Gasteiger partial charge on any atom is -0.423 e. The number of hydrogen-bond donors (Lipinski definition) is 3. The highest BCUT2D eigenvalue weighted by Crippen LogP contribution is 2.46. The van der Waals surface area contributed by atoms with Crippen molar-refractivity contribution in [3.63, 3.8) is 0 Å². The van der Waals surface area contributed by atoms with Gasteiger partial charge in [0.15, 0.2) is 5.58 Å². The summed E-state index contributed by atoms with van der Waals surface area (Å²) in [6, 6.07) is 7.05. The van der Waals surface area contributed by atoms with Crippen molar-refractivity contribution in [2.45, 2.75) is 38.3 Å². The van der Waals surface area contributed by atoms with E-state index < -0.39 is 28.9 Å². The van der Waals surface area contributed by atoms with E-state index in [2.05, 4.69) is 26.7 Å². The molecule has 3 amide bonds. The van der Waals surface area contributed by atoms with Crippen molar-refractivity contribution < 1.29 is 28.6 Å². The van der Waals surface area contributed by atoms with E-state index in [4.69, 9.17) is 9.15 Å². The molecular weight excluding hydrogens is 584 g/mol. The van der Waals surface area contributed by atoms with Crippen molar-refractivity contribution >= 4 is 46.2 Å². The lowest BCUT2D eigenvalue weighted by Gasteiger charge is -2.49. The number of oxazole rings is 1. The molecule has 6 rings (SSSR count). The molecule has 0 radical (unpaired) electrons. The highest BCUT2D eigenvalue weighted by molar-refractivity contribution is 7.11. The summed E-state index contributed by atoms with van der Waals surface area (Å²) in [6.45, 7) is 3.52. The van der Waals surface area contributed by atoms with Crippen LogP contribution in [0.4, 0.5) is 6.01 Å². The molecule has 3 aromatic rings. The van der Waals surface area contributed by atoms with Gasteiger partial charge < -0.3 is 34.7 Å². The predicted octanol–water partition coefficient (Wildman–Crippen LogP) is 2.22. The van der Waals surface area contributed by atoms with Crippen LogP contribution in [0.1, 0.15) is 35.9 Å². The number of nitrogens with one attached hydrogen (secondary N) is 2. The number of nitrogens with zero attached hydrogens (tertiary/aromatic N) is 4. The van der Waals surface area contributed by atoms with Gasteiger partial charge in [-0.1, -0.05) is 24.3 Å². The normalized spacial score (nSPS) is 23.8. The highest BCUT2D eigenvalue weighted by Gasteiger charge is 2.59. The average molecular weight is 623 g/mol. The fourth-order valence-electron chi connectivity index (χ4n) is 6.60. The van der Waals surface area contributed by atoms with Crippen LogP contribution in [0.15, 0.2) is 52.5 Å². The lowest BCUT2D eigenvalue weighted by atomic mass is 9.71. The van der Waals surface area contributed by atoms with E-state index in [9.17, 15) is 19.5 Å². The zero-order chi connectivity index (χ0) is 30.9. The molecule has 2 aliphatic heterocycles. The number of allylic oxidation sites excluding steroid dienone is 2. The number of carbonyl (C=O) groups is 3. The zero-order valence-electron chi connectivity index (χ0n) is 24.9. The Kier molecular flexibility index (Phi) is 8.44. The van der Waals surface area contributed by atoms with Crippen LogP contribution in [0.5, 0.6) is 0 Å². The third-order valence-corrected chi connectivity index (χ3v) is 10.1. The van der Waals surface area contributed by atoms with Crippen molar-refractivity contribution in [1.29, 1.82) is 0 Å². The van der Waals surface area contributed by atoms with Crippen LogP contribution in [0, 0.1) is 16.7 Å². The van der Waals surface area contributed by atoms with Crippen molar-refractivity contribution in [3.05, 3.63) is 53.0 Å². The Balaban J connectivity index is 1.19. The van der Waals surface area contributed by atoms with Gasteiger partial charge in [0.2, 0.25) is 11.8 Å². The molecule has 2 saturated heterocycles. The van der Waals surface area contributed by atoms with E-state index >= 15 is 0 Å². The van der Waals surface area contributed by atoms with E-state index in [-0.39, 0.29) is 37.5 Å². The summed E-state index contributed by atoms with van der Waals surface area (Å²) in [5, 5.41) is 15.7. The topological polar surface area (TPSA) is 150 Å². The van der Waals surface area contributed by atoms with Gasteiger partial charge in [-0.05, 0) is 38.3 Å². The monoisotopic (exact) mass is 622 g/mol. The van der Waals surface area contributed by atoms with E-state index in [0.717, 1.165) is 18.4 Å². The molecule has 12 nitrogen and oxygen atoms in total. The quantitative estimate of drug-likeness (QED) is 0.289. The Morgan fingerprint density at radius 3 is 2.73 bits per heavy atom. The molecule has 4 heterocycles. The van der Waals surface area contributed by atoms with E-state index in [0.29, 0.717) is 42.5 Å². The molecule has 1 spiro atoms. The lowest BCUT2D eigenvalue weighted by Crippen LogP contribution is -2.64. The van der Waals surface area contributed by atoms with Crippen LogP contribution in [0.2, 0.25) is 0 Å². The average Bonchev–Trinajstić information content (AvgIpc) is 3.80. The van der Waals surface area contributed by atoms with E-state index in [1.807, 2.05) is 35.2 Å². The molecule has 13 heteroatoms. The predicted molar refractivity (Wildman–Crippen MR) is 164 cm³/mol. The standard InChI is InChI=1S/C31H38N6O6S/c1-20(42-18-30(17-38)10-6-3-7-11-30)25(27(40)32-2)35-26(39)21-13-36(28(41)24-12-33-19-44-24)14-31(21)15-37(16-31)29-34-22-8-4-5-9-23(22)43-29/h3-6,8-9,12,19-21,25,38H,7,10-11,13-18H2,1-2H3,(H,32,40)(H,35,39)/t20-,21?,25?,30?/m1/s1. The summed E-state index contributed by atoms with van der Waals surface area (Å²) in [5.74, 6) is -1.44. The molecule has 4 atom stereocenters. The van der Waals surface area contributed by atoms with Gasteiger partial charge in [-0.3, -0.25) is 19.4 Å². The van der Waals surface area contributed by atoms with Crippen molar-refractivity contribution in [3.8, 4) is 0 Å². The van der Waals surface area contributed by atoms with Crippen LogP contribution in [-0.4, -0.2) is 96.3 Å². The van der Waals surface area contributed by atoms with Gasteiger partial charge in [0.1, 0.15) is 16.4 Å². The van der Waals surface area contributed by atoms with Gasteiger partial charge in [-0.15, -0.1) is 11.3 Å². The van der Waals surface area contributed by atoms with Crippen molar-refractivity contribution in [2.75, 3.05) is 51.3 Å². The van der Waals surface area contributed by atoms with Gasteiger partial charge in [0.25, 0.3) is 11.9 Å². The fourth-order valence-corrected chi connectivity index (χ4v) is 7.19. The van der Waals surface area contributed by atoms with Crippen LogP contribution >= 0.6 is 11.3 Å². The van der Waals surface area contributed by atoms with Gasteiger partial charge in [-0.2, -0.15) is 4.98 Å². The molecule has 3 N–H and O–H groups in total. The van der Waals surface area contributed by atoms with Crippen molar-refractivity contribution in [1.82, 2.24) is 25.5 Å². The molecule has 0 saturated carbocycles. The van der Waals surface area contributed by atoms with E-state index in [1.165, 1.54) is 18.4 Å². The maximum Gasteiger partial charge on any atom is 0.298 e. The number of aliphatic hydroxyl groups is 1. The summed E-state index contributed by atoms with van der Waals surface area (Å²) in [6.07, 6.45) is 7.37. The molecule has 234 valence electrons. The Morgan fingerprint density at radius 1 is 1.23 bits per heavy atom. The summed E-state index contributed by atoms with van der Waals surface area (Å²) < 4.78 is 12.1. The number of para-hydroxylation sites is 2. The molecule has 3 aliphatic rings. The number of hydrogen-bond acceptors (Lipinski definition) is 10. The highest BCUT2D eigenvalue weighted by atomic mass is 32.1. The first-order chi connectivity index (χ1) is 21.3. The first kappa shape index (κ1) is 30.2. The van der Waals surface area contributed by atoms with Crippen molar-refractivity contribution in [2.24, 2.45) is 16.7 Å². The number of anilines is 1. The molecule has 1 aliphatic carbocycles. The van der Waals surface area contributed by atoms with Gasteiger partial charge in [-0.25, -0.2) is 0 Å². The third-order valence-electron chi connectivity index (χ3n) is 9.30. The summed E-state index contributed by atoms with van der Waals surface area (Å²) in [7, 11) is 1.52. The molecule has 44 heavy (non-hydrogen) atoms. The number of fused-ring (bicyclic) bond motifs is 1. The second kappa shape index (κ2) is 12.3. The molecule has 2 fully saturated rings. The fraction of sp³-hybridized carbons (Fsp3) is 0.516. The smallest absolute Gasteiger partial charge is 0.298 e. The maximum absolute atomic E-state index is 14.1. The molecule has 1 aromatic carbocycles. The minimum absolute atomic E-state index is 0.0220. The SMILES string of the molecule is CNC(=O)C(NC(=O)C1CN(C(=O)c2cncs2)CC12CN(c1nc3ccccc3o1)C2)[C@@H](C)OCC1(CO)CC=CCC1. The number of likely N-dealkylation sites (N-methyl/N-ethyl adjacent to an activating group) is 1. The summed E-state index contributed by atoms with van der Waals surface area (Å²) in [4.78, 5) is 53.3. The van der Waals surface area contributed by atoms with Gasteiger partial charge in [0.05, 0.1) is 36.9 Å². The number of aliphatic hydroxyl groups excluding tert-OH is 1. The second-order valence-corrected chi connectivity index (χ2v) is 13.2. The first-order valence-electron chi connectivity index (χ1n) is 14.9. The lowest BCUT2D eigenvalue weighted by molar-refractivity contribution is -0.137. The molecule has 0 bridgehead atoms. The van der Waals surface area contributed by atoms with E-state index in [1.54, 1.807) is 23.5 Å². The number of amides is 3. The van der Waals surface area contributed by atoms with Gasteiger partial charge >= 0.3 is 0 Å². The largest absolute Gasteiger partial charge is 0.423 e. The number of likely N-dealkylation sites (tertiary alicyclic amines) is 1. The summed E-state index contributed by atoms with van der Waals surface area (Å²) >= 11 is 1.26. The van der Waals surface area contributed by atoms with Crippen LogP contribution in [0.25, 0.3) is 11.1 Å². The zero-order valence-corrected chi connectivity index (χ0v) is 25.7. The number of benzene rings is 1. The molecule has 2 aromatic heterocycles. The Bertz CT molecular complexity index is 1500. The third kappa shape index (κ3) is 5.71. The molecular formula is C31H38N6O6S. The maximum atomic E-state index is 14.1. The Morgan fingerprint density at radius 2 is 2.05 bits per heavy atom.